The lowest BCUT2D eigenvalue weighted by Gasteiger charge is -2.13. The summed E-state index contributed by atoms with van der Waals surface area (Å²) in [6.45, 7) is 5.68. The fourth-order valence-corrected chi connectivity index (χ4v) is 2.58. The van der Waals surface area contributed by atoms with Gasteiger partial charge in [-0.3, -0.25) is 4.79 Å². The minimum atomic E-state index is -0.257. The third-order valence-electron chi connectivity index (χ3n) is 4.09. The lowest BCUT2D eigenvalue weighted by molar-refractivity contribution is -0.120. The summed E-state index contributed by atoms with van der Waals surface area (Å²) in [5.41, 5.74) is 2.30. The molecule has 27 heavy (non-hydrogen) atoms. The van der Waals surface area contributed by atoms with Crippen molar-refractivity contribution >= 4 is 5.91 Å². The van der Waals surface area contributed by atoms with Gasteiger partial charge < -0.3 is 14.8 Å². The van der Waals surface area contributed by atoms with E-state index in [4.69, 9.17) is 14.7 Å². The van der Waals surface area contributed by atoms with Crippen molar-refractivity contribution in [2.24, 2.45) is 0 Å². The number of nitrogens with one attached hydrogen (secondary N) is 1. The van der Waals surface area contributed by atoms with Crippen LogP contribution in [-0.4, -0.2) is 25.7 Å². The number of carbonyl (C=O) groups excluding carboxylic acids is 1. The second-order valence-electron chi connectivity index (χ2n) is 6.46. The Labute approximate surface area is 160 Å². The van der Waals surface area contributed by atoms with E-state index in [1.54, 1.807) is 0 Å². The zero-order chi connectivity index (χ0) is 19.5. The van der Waals surface area contributed by atoms with Crippen LogP contribution in [0.4, 0.5) is 0 Å². The number of carbonyl (C=O) groups is 1. The lowest BCUT2D eigenvalue weighted by Crippen LogP contribution is -2.25. The lowest BCUT2D eigenvalue weighted by atomic mass is 10.0. The van der Waals surface area contributed by atoms with E-state index in [1.165, 1.54) is 5.56 Å². The Morgan fingerprint density at radius 2 is 1.78 bits per heavy atom. The van der Waals surface area contributed by atoms with Crippen molar-refractivity contribution in [3.8, 4) is 17.6 Å². The number of nitriles is 1. The van der Waals surface area contributed by atoms with Gasteiger partial charge in [-0.1, -0.05) is 44.2 Å². The van der Waals surface area contributed by atoms with E-state index in [1.807, 2.05) is 42.5 Å². The summed E-state index contributed by atoms with van der Waals surface area (Å²) in [7, 11) is 0. The number of nitrogens with zero attached hydrogens (tertiary/aromatic N) is 1. The fraction of sp³-hybridized carbons (Fsp3) is 0.364. The maximum atomic E-state index is 11.3. The molecule has 1 N–H and O–H groups in total. The first kappa shape index (κ1) is 20.3. The Balaban J connectivity index is 1.77. The summed E-state index contributed by atoms with van der Waals surface area (Å²) in [6.07, 6.45) is 0.526. The molecule has 0 saturated heterocycles. The molecule has 0 heterocycles. The highest BCUT2D eigenvalue weighted by molar-refractivity contribution is 5.77. The number of benzene rings is 2. The van der Waals surface area contributed by atoms with Crippen molar-refractivity contribution in [3.05, 3.63) is 59.7 Å². The van der Waals surface area contributed by atoms with Gasteiger partial charge in [0.25, 0.3) is 0 Å². The molecule has 0 aliphatic rings. The monoisotopic (exact) mass is 366 g/mol. The Bertz CT molecular complexity index is 764. The van der Waals surface area contributed by atoms with Gasteiger partial charge in [-0.05, 0) is 41.7 Å². The van der Waals surface area contributed by atoms with Gasteiger partial charge in [0.15, 0.2) is 0 Å². The van der Waals surface area contributed by atoms with Gasteiger partial charge in [0.1, 0.15) is 31.1 Å². The van der Waals surface area contributed by atoms with Crippen molar-refractivity contribution in [2.45, 2.75) is 32.6 Å². The third kappa shape index (κ3) is 7.02. The average Bonchev–Trinajstić information content (AvgIpc) is 2.67. The molecular formula is C22H26N2O3. The molecule has 0 radical (unpaired) electrons. The van der Waals surface area contributed by atoms with E-state index >= 15 is 0 Å². The van der Waals surface area contributed by atoms with Crippen molar-refractivity contribution in [1.29, 1.82) is 5.26 Å². The highest BCUT2D eigenvalue weighted by Gasteiger charge is 2.05. The Hall–Kier alpha value is -3.00. The molecule has 0 unspecified atom stereocenters. The summed E-state index contributed by atoms with van der Waals surface area (Å²) in [5, 5.41) is 11.2. The molecule has 0 aliphatic carbocycles. The van der Waals surface area contributed by atoms with Crippen LogP contribution in [0.5, 0.6) is 11.5 Å². The predicted molar refractivity (Wildman–Crippen MR) is 105 cm³/mol. The van der Waals surface area contributed by atoms with E-state index in [0.717, 1.165) is 17.1 Å². The number of hydrogen-bond donors (Lipinski definition) is 1. The maximum Gasteiger partial charge on any atom is 0.234 e. The highest BCUT2D eigenvalue weighted by Crippen LogP contribution is 2.20. The highest BCUT2D eigenvalue weighted by atomic mass is 16.5. The number of hydrogen-bond acceptors (Lipinski definition) is 4. The van der Waals surface area contributed by atoms with Gasteiger partial charge in [-0.15, -0.1) is 0 Å². The summed E-state index contributed by atoms with van der Waals surface area (Å²) in [5.74, 6) is 1.86. The molecular weight excluding hydrogens is 340 g/mol. The zero-order valence-corrected chi connectivity index (χ0v) is 15.9. The smallest absolute Gasteiger partial charge is 0.234 e. The normalized spacial score (nSPS) is 10.3. The maximum absolute atomic E-state index is 11.3. The number of ether oxygens (including phenoxy) is 2. The molecule has 2 aromatic carbocycles. The second kappa shape index (κ2) is 10.9. The second-order valence-corrected chi connectivity index (χ2v) is 6.46. The van der Waals surface area contributed by atoms with Crippen molar-refractivity contribution < 1.29 is 14.3 Å². The number of rotatable bonds is 10. The van der Waals surface area contributed by atoms with Crippen molar-refractivity contribution in [3.63, 3.8) is 0 Å². The summed E-state index contributed by atoms with van der Waals surface area (Å²) in [4.78, 5) is 11.3. The van der Waals surface area contributed by atoms with Gasteiger partial charge in [0.05, 0.1) is 6.07 Å². The average molecular weight is 366 g/mol. The summed E-state index contributed by atoms with van der Waals surface area (Å²) < 4.78 is 11.6. The Morgan fingerprint density at radius 3 is 2.48 bits per heavy atom. The molecule has 0 spiro atoms. The molecule has 5 heteroatoms. The molecule has 1 amide bonds. The molecule has 2 aromatic rings. The Kier molecular flexibility index (Phi) is 8.18. The van der Waals surface area contributed by atoms with E-state index in [9.17, 15) is 4.79 Å². The molecule has 2 rings (SSSR count). The molecule has 142 valence electrons. The van der Waals surface area contributed by atoms with Gasteiger partial charge in [-0.2, -0.15) is 5.26 Å². The fourth-order valence-electron chi connectivity index (χ4n) is 2.58. The predicted octanol–water partition coefficient (Wildman–Crippen LogP) is 3.84. The minimum Gasteiger partial charge on any atom is -0.490 e. The number of amides is 1. The first-order chi connectivity index (χ1) is 13.1. The molecule has 0 aromatic heterocycles. The van der Waals surface area contributed by atoms with Crippen molar-refractivity contribution in [2.75, 3.05) is 19.8 Å². The van der Waals surface area contributed by atoms with E-state index in [-0.39, 0.29) is 12.3 Å². The topological polar surface area (TPSA) is 71.3 Å². The van der Waals surface area contributed by atoms with Crippen LogP contribution in [0.15, 0.2) is 48.5 Å². The van der Waals surface area contributed by atoms with Crippen LogP contribution in [0.2, 0.25) is 0 Å². The quantitative estimate of drug-likeness (QED) is 0.649. The van der Waals surface area contributed by atoms with E-state index < -0.39 is 0 Å². The van der Waals surface area contributed by atoms with Crippen LogP contribution in [0.3, 0.4) is 0 Å². The van der Waals surface area contributed by atoms with Gasteiger partial charge in [0.2, 0.25) is 5.91 Å². The van der Waals surface area contributed by atoms with E-state index in [2.05, 4.69) is 31.3 Å². The molecule has 0 aliphatic heterocycles. The molecule has 0 fully saturated rings. The SMILES string of the molecule is CC(C)c1ccc(OCCOc2ccccc2CCNC(=O)CC#N)cc1. The van der Waals surface area contributed by atoms with Crippen LogP contribution < -0.4 is 14.8 Å². The standard InChI is InChI=1S/C22H26N2O3/c1-17(2)18-7-9-20(10-8-18)26-15-16-27-21-6-4-3-5-19(21)12-14-24-22(25)11-13-23/h3-10,17H,11-12,14-16H2,1-2H3,(H,24,25). The van der Waals surface area contributed by atoms with Crippen LogP contribution in [0.25, 0.3) is 0 Å². The first-order valence-electron chi connectivity index (χ1n) is 9.17. The van der Waals surface area contributed by atoms with Crippen LogP contribution in [0, 0.1) is 11.3 Å². The molecule has 0 saturated carbocycles. The van der Waals surface area contributed by atoms with Crippen LogP contribution in [-0.2, 0) is 11.2 Å². The van der Waals surface area contributed by atoms with Crippen LogP contribution in [0.1, 0.15) is 37.3 Å². The van der Waals surface area contributed by atoms with Gasteiger partial charge in [0, 0.05) is 6.54 Å². The largest absolute Gasteiger partial charge is 0.490 e. The van der Waals surface area contributed by atoms with Gasteiger partial charge in [-0.25, -0.2) is 0 Å². The van der Waals surface area contributed by atoms with Gasteiger partial charge >= 0.3 is 0 Å². The number of para-hydroxylation sites is 1. The zero-order valence-electron chi connectivity index (χ0n) is 15.9. The first-order valence-corrected chi connectivity index (χ1v) is 9.17. The summed E-state index contributed by atoms with van der Waals surface area (Å²) in [6, 6.07) is 17.7. The molecule has 0 bridgehead atoms. The molecule has 5 nitrogen and oxygen atoms in total. The van der Waals surface area contributed by atoms with Crippen molar-refractivity contribution in [1.82, 2.24) is 5.32 Å². The minimum absolute atomic E-state index is 0.117. The molecule has 0 atom stereocenters. The van der Waals surface area contributed by atoms with Crippen LogP contribution >= 0.6 is 0 Å². The summed E-state index contributed by atoms with van der Waals surface area (Å²) >= 11 is 0. The third-order valence-corrected chi connectivity index (χ3v) is 4.09. The Morgan fingerprint density at radius 1 is 1.07 bits per heavy atom. The van der Waals surface area contributed by atoms with E-state index in [0.29, 0.717) is 32.1 Å².